The molecule has 1 aromatic carbocycles. The van der Waals surface area contributed by atoms with Gasteiger partial charge in [-0.15, -0.1) is 0 Å². The number of carbonyl (C=O) groups excluding carboxylic acids is 2. The molecule has 1 saturated heterocycles. The summed E-state index contributed by atoms with van der Waals surface area (Å²) in [6.45, 7) is 1.58. The van der Waals surface area contributed by atoms with Gasteiger partial charge in [-0.2, -0.15) is 0 Å². The second kappa shape index (κ2) is 7.65. The maximum atomic E-state index is 12.0. The van der Waals surface area contributed by atoms with Gasteiger partial charge < -0.3 is 9.84 Å². The van der Waals surface area contributed by atoms with Crippen LogP contribution in [-0.2, 0) is 9.53 Å². The minimum atomic E-state index is -0.431. The van der Waals surface area contributed by atoms with Crippen LogP contribution in [0.2, 0.25) is 0 Å². The third-order valence-corrected chi connectivity index (χ3v) is 3.86. The molecule has 1 aliphatic rings. The lowest BCUT2D eigenvalue weighted by Gasteiger charge is -2.31. The number of benzene rings is 1. The summed E-state index contributed by atoms with van der Waals surface area (Å²) in [7, 11) is 0. The molecular weight excluding hydrogens is 340 g/mol. The molecule has 0 saturated carbocycles. The molecule has 2 amide bonds. The predicted molar refractivity (Wildman–Crippen MR) is 79.9 cm³/mol. The number of nitrogens with one attached hydrogen (secondary N) is 1. The Morgan fingerprint density at radius 3 is 2.90 bits per heavy atom. The van der Waals surface area contributed by atoms with E-state index in [0.717, 1.165) is 0 Å². The van der Waals surface area contributed by atoms with Crippen molar-refractivity contribution in [3.63, 3.8) is 0 Å². The number of aliphatic hydroxyl groups is 1. The molecule has 1 unspecified atom stereocenters. The highest BCUT2D eigenvalue weighted by atomic mass is 79.9. The number of morpholine rings is 1. The van der Waals surface area contributed by atoms with Crippen molar-refractivity contribution < 1.29 is 19.4 Å². The zero-order chi connectivity index (χ0) is 15.2. The molecule has 0 bridgehead atoms. The standard InChI is InChI=1S/C14H17BrN2O4/c15-12-4-2-1-3-11(12)14(20)16-13(19)8-17-5-6-21-10(7-17)9-18/h1-4,10,18H,5-9H2,(H,16,19,20). The van der Waals surface area contributed by atoms with Gasteiger partial charge in [0.25, 0.3) is 5.91 Å². The maximum absolute atomic E-state index is 12.0. The van der Waals surface area contributed by atoms with Crippen molar-refractivity contribution >= 4 is 27.7 Å². The molecule has 21 heavy (non-hydrogen) atoms. The molecule has 0 radical (unpaired) electrons. The van der Waals surface area contributed by atoms with Crippen LogP contribution in [0.5, 0.6) is 0 Å². The topological polar surface area (TPSA) is 78.9 Å². The van der Waals surface area contributed by atoms with Crippen LogP contribution in [0.4, 0.5) is 0 Å². The van der Waals surface area contributed by atoms with Crippen LogP contribution in [-0.4, -0.2) is 60.8 Å². The Balaban J connectivity index is 1.87. The summed E-state index contributed by atoms with van der Waals surface area (Å²) in [4.78, 5) is 25.8. The highest BCUT2D eigenvalue weighted by molar-refractivity contribution is 9.10. The minimum absolute atomic E-state index is 0.0754. The molecule has 1 atom stereocenters. The number of rotatable bonds is 4. The third kappa shape index (κ3) is 4.60. The maximum Gasteiger partial charge on any atom is 0.259 e. The Kier molecular flexibility index (Phi) is 5.86. The highest BCUT2D eigenvalue weighted by Crippen LogP contribution is 2.15. The minimum Gasteiger partial charge on any atom is -0.394 e. The monoisotopic (exact) mass is 356 g/mol. The fraction of sp³-hybridized carbons (Fsp3) is 0.429. The van der Waals surface area contributed by atoms with Gasteiger partial charge in [-0.3, -0.25) is 19.8 Å². The van der Waals surface area contributed by atoms with Crippen LogP contribution in [0.1, 0.15) is 10.4 Å². The zero-order valence-electron chi connectivity index (χ0n) is 11.4. The van der Waals surface area contributed by atoms with Crippen LogP contribution in [0.15, 0.2) is 28.7 Å². The summed E-state index contributed by atoms with van der Waals surface area (Å²) in [5.41, 5.74) is 0.418. The van der Waals surface area contributed by atoms with Gasteiger partial charge in [0.2, 0.25) is 5.91 Å². The number of amides is 2. The molecule has 2 rings (SSSR count). The number of halogens is 1. The van der Waals surface area contributed by atoms with E-state index in [-0.39, 0.29) is 25.2 Å². The van der Waals surface area contributed by atoms with Crippen LogP contribution in [0.3, 0.4) is 0 Å². The van der Waals surface area contributed by atoms with Crippen molar-refractivity contribution in [2.45, 2.75) is 6.10 Å². The Hall–Kier alpha value is -1.28. The predicted octanol–water partition coefficient (Wildman–Crippen LogP) is 0.399. The molecule has 1 aliphatic heterocycles. The quantitative estimate of drug-likeness (QED) is 0.816. The van der Waals surface area contributed by atoms with E-state index in [1.54, 1.807) is 24.3 Å². The summed E-state index contributed by atoms with van der Waals surface area (Å²) in [6, 6.07) is 6.92. The largest absolute Gasteiger partial charge is 0.394 e. The van der Waals surface area contributed by atoms with E-state index in [1.807, 2.05) is 4.90 Å². The Bertz CT molecular complexity index is 523. The van der Waals surface area contributed by atoms with Crippen LogP contribution >= 0.6 is 15.9 Å². The summed E-state index contributed by atoms with van der Waals surface area (Å²) < 4.78 is 5.95. The van der Waals surface area contributed by atoms with Crippen LogP contribution in [0, 0.1) is 0 Å². The second-order valence-corrected chi connectivity index (χ2v) is 5.62. The summed E-state index contributed by atoms with van der Waals surface area (Å²) in [6.07, 6.45) is -0.273. The van der Waals surface area contributed by atoms with Crippen molar-refractivity contribution in [2.24, 2.45) is 0 Å². The molecule has 1 fully saturated rings. The molecule has 114 valence electrons. The highest BCUT2D eigenvalue weighted by Gasteiger charge is 2.22. The van der Waals surface area contributed by atoms with E-state index in [4.69, 9.17) is 9.84 Å². The van der Waals surface area contributed by atoms with E-state index in [1.165, 1.54) is 0 Å². The lowest BCUT2D eigenvalue weighted by molar-refractivity contribution is -0.123. The van der Waals surface area contributed by atoms with Gasteiger partial charge in [0.05, 0.1) is 31.4 Å². The van der Waals surface area contributed by atoms with Crippen LogP contribution < -0.4 is 5.32 Å². The average Bonchev–Trinajstić information content (AvgIpc) is 2.47. The van der Waals surface area contributed by atoms with Crippen molar-refractivity contribution in [2.75, 3.05) is 32.8 Å². The lowest BCUT2D eigenvalue weighted by atomic mass is 10.2. The van der Waals surface area contributed by atoms with Gasteiger partial charge in [0.15, 0.2) is 0 Å². The Morgan fingerprint density at radius 1 is 1.43 bits per heavy atom. The molecule has 6 nitrogen and oxygen atoms in total. The summed E-state index contributed by atoms with van der Waals surface area (Å²) in [5.74, 6) is -0.797. The van der Waals surface area contributed by atoms with Gasteiger partial charge in [-0.25, -0.2) is 0 Å². The fourth-order valence-corrected chi connectivity index (χ4v) is 2.58. The average molecular weight is 357 g/mol. The van der Waals surface area contributed by atoms with Gasteiger partial charge >= 0.3 is 0 Å². The number of hydrogen-bond acceptors (Lipinski definition) is 5. The first kappa shape index (κ1) is 16.1. The number of carbonyl (C=O) groups is 2. The van der Waals surface area contributed by atoms with E-state index in [9.17, 15) is 9.59 Å². The molecule has 2 N–H and O–H groups in total. The van der Waals surface area contributed by atoms with Crippen molar-refractivity contribution in [3.05, 3.63) is 34.3 Å². The molecule has 0 aromatic heterocycles. The van der Waals surface area contributed by atoms with E-state index in [0.29, 0.717) is 29.7 Å². The second-order valence-electron chi connectivity index (χ2n) is 4.77. The van der Waals surface area contributed by atoms with E-state index >= 15 is 0 Å². The van der Waals surface area contributed by atoms with Gasteiger partial charge in [-0.05, 0) is 28.1 Å². The van der Waals surface area contributed by atoms with E-state index in [2.05, 4.69) is 21.2 Å². The first-order chi connectivity index (χ1) is 10.1. The van der Waals surface area contributed by atoms with Gasteiger partial charge in [0, 0.05) is 17.6 Å². The lowest BCUT2D eigenvalue weighted by Crippen LogP contribution is -2.48. The van der Waals surface area contributed by atoms with Crippen molar-refractivity contribution in [1.29, 1.82) is 0 Å². The number of hydrogen-bond donors (Lipinski definition) is 2. The molecule has 0 aliphatic carbocycles. The molecular formula is C14H17BrN2O4. The zero-order valence-corrected chi connectivity index (χ0v) is 13.0. The molecule has 1 aromatic rings. The summed E-state index contributed by atoms with van der Waals surface area (Å²) >= 11 is 3.28. The fourth-order valence-electron chi connectivity index (χ4n) is 2.12. The van der Waals surface area contributed by atoms with Gasteiger partial charge in [-0.1, -0.05) is 12.1 Å². The molecule has 7 heteroatoms. The number of nitrogens with zero attached hydrogens (tertiary/aromatic N) is 1. The van der Waals surface area contributed by atoms with Crippen molar-refractivity contribution in [3.8, 4) is 0 Å². The number of ether oxygens (including phenoxy) is 1. The third-order valence-electron chi connectivity index (χ3n) is 3.17. The first-order valence-electron chi connectivity index (χ1n) is 6.63. The van der Waals surface area contributed by atoms with Crippen molar-refractivity contribution in [1.82, 2.24) is 10.2 Å². The van der Waals surface area contributed by atoms with E-state index < -0.39 is 5.91 Å². The number of aliphatic hydroxyl groups excluding tert-OH is 1. The number of imide groups is 1. The smallest absolute Gasteiger partial charge is 0.259 e. The Morgan fingerprint density at radius 2 is 2.19 bits per heavy atom. The Labute approximate surface area is 131 Å². The normalized spacial score (nSPS) is 19.2. The van der Waals surface area contributed by atoms with Gasteiger partial charge in [0.1, 0.15) is 0 Å². The molecule has 0 spiro atoms. The first-order valence-corrected chi connectivity index (χ1v) is 7.43. The van der Waals surface area contributed by atoms with Crippen LogP contribution in [0.25, 0.3) is 0 Å². The molecule has 1 heterocycles. The SMILES string of the molecule is O=C(CN1CCOC(CO)C1)NC(=O)c1ccccc1Br. The summed E-state index contributed by atoms with van der Waals surface area (Å²) in [5, 5.41) is 11.4.